The Kier molecular flexibility index (Phi) is 4.99. The topological polar surface area (TPSA) is 129 Å². The van der Waals surface area contributed by atoms with Crippen LogP contribution in [0.4, 0.5) is 11.5 Å². The van der Waals surface area contributed by atoms with Gasteiger partial charge in [-0.15, -0.1) is 0 Å². The van der Waals surface area contributed by atoms with Gasteiger partial charge in [0, 0.05) is 11.4 Å². The van der Waals surface area contributed by atoms with Gasteiger partial charge in [0.25, 0.3) is 5.91 Å². The highest BCUT2D eigenvalue weighted by atomic mass is 32.2. The number of hydrogen-bond donors (Lipinski definition) is 3. The Morgan fingerprint density at radius 3 is 2.88 bits per heavy atom. The molecule has 1 aliphatic heterocycles. The summed E-state index contributed by atoms with van der Waals surface area (Å²) in [5.74, 6) is 0.717. The first-order valence-electron chi connectivity index (χ1n) is 7.98. The molecule has 1 unspecified atom stereocenters. The Balaban J connectivity index is 1.83. The number of ether oxygens (including phenoxy) is 1. The number of thioether (sulfide) groups is 1. The van der Waals surface area contributed by atoms with Gasteiger partial charge in [0.15, 0.2) is 16.7 Å². The Labute approximate surface area is 155 Å². The summed E-state index contributed by atoms with van der Waals surface area (Å²) in [6.07, 6.45) is 2.21. The number of hydrogen-bond acceptors (Lipinski definition) is 8. The molecular weight excluding hydrogens is 352 g/mol. The summed E-state index contributed by atoms with van der Waals surface area (Å²) in [5.41, 5.74) is 12.9. The minimum Gasteiger partial charge on any atom is -0.480 e. The van der Waals surface area contributed by atoms with Crippen molar-refractivity contribution < 1.29 is 9.53 Å². The zero-order chi connectivity index (χ0) is 18.7. The first kappa shape index (κ1) is 18.0. The van der Waals surface area contributed by atoms with Crippen LogP contribution >= 0.6 is 11.8 Å². The minimum atomic E-state index is -0.442. The van der Waals surface area contributed by atoms with Gasteiger partial charge in [-0.3, -0.25) is 9.79 Å². The highest BCUT2D eigenvalue weighted by Crippen LogP contribution is 2.35. The average Bonchev–Trinajstić information content (AvgIpc) is 2.61. The smallest absolute Gasteiger partial charge is 0.278 e. The van der Waals surface area contributed by atoms with Crippen LogP contribution in [-0.4, -0.2) is 33.9 Å². The maximum absolute atomic E-state index is 12.5. The van der Waals surface area contributed by atoms with Gasteiger partial charge < -0.3 is 21.5 Å². The van der Waals surface area contributed by atoms with E-state index >= 15 is 0 Å². The van der Waals surface area contributed by atoms with E-state index in [1.807, 2.05) is 25.1 Å². The summed E-state index contributed by atoms with van der Waals surface area (Å²) in [4.78, 5) is 25.0. The molecule has 26 heavy (non-hydrogen) atoms. The van der Waals surface area contributed by atoms with Crippen LogP contribution in [0.2, 0.25) is 0 Å². The van der Waals surface area contributed by atoms with E-state index in [0.717, 1.165) is 17.7 Å². The number of anilines is 2. The van der Waals surface area contributed by atoms with E-state index in [-0.39, 0.29) is 17.4 Å². The summed E-state index contributed by atoms with van der Waals surface area (Å²) in [6.45, 7) is 2.04. The molecule has 136 valence electrons. The first-order valence-corrected chi connectivity index (χ1v) is 8.96. The number of nitrogens with zero attached hydrogens (tertiary/aromatic N) is 3. The number of aromatic nitrogens is 2. The second-order valence-corrected chi connectivity index (χ2v) is 7.12. The molecule has 0 saturated heterocycles. The van der Waals surface area contributed by atoms with Crippen molar-refractivity contribution in [2.24, 2.45) is 10.7 Å². The summed E-state index contributed by atoms with van der Waals surface area (Å²) < 4.78 is 4.94. The molecule has 9 heteroatoms. The van der Waals surface area contributed by atoms with Crippen molar-refractivity contribution in [1.29, 1.82) is 0 Å². The fourth-order valence-corrected chi connectivity index (χ4v) is 3.65. The molecule has 2 heterocycles. The van der Waals surface area contributed by atoms with Gasteiger partial charge >= 0.3 is 0 Å². The van der Waals surface area contributed by atoms with Crippen molar-refractivity contribution in [2.75, 3.05) is 23.9 Å². The molecule has 0 radical (unpaired) electrons. The van der Waals surface area contributed by atoms with Crippen LogP contribution in [0.3, 0.4) is 0 Å². The number of carbonyl (C=O) groups is 1. The average molecular weight is 372 g/mol. The van der Waals surface area contributed by atoms with E-state index in [1.54, 1.807) is 17.8 Å². The van der Waals surface area contributed by atoms with Gasteiger partial charge in [0.05, 0.1) is 18.8 Å². The van der Waals surface area contributed by atoms with Crippen LogP contribution in [0.5, 0.6) is 5.88 Å². The van der Waals surface area contributed by atoms with E-state index in [4.69, 9.17) is 16.2 Å². The monoisotopic (exact) mass is 372 g/mol. The van der Waals surface area contributed by atoms with E-state index in [0.29, 0.717) is 10.9 Å². The molecule has 3 rings (SSSR count). The molecule has 1 amide bonds. The first-order chi connectivity index (χ1) is 12.4. The van der Waals surface area contributed by atoms with E-state index in [1.165, 1.54) is 13.3 Å². The maximum atomic E-state index is 12.5. The number of amides is 1. The molecule has 2 aromatic rings. The summed E-state index contributed by atoms with van der Waals surface area (Å²) in [5, 5.41) is 3.38. The van der Waals surface area contributed by atoms with Crippen molar-refractivity contribution >= 4 is 34.3 Å². The standard InChI is InChI=1S/C17H20N6O2S/c1-17(6-7-26-16(19)23-17)10-4-3-5-11(8-10)21-15(24)13-14(18)22-12(25-2)9-20-13/h3-5,8-9H,6-7H2,1-2H3,(H2,18,22)(H2,19,23)(H,21,24). The van der Waals surface area contributed by atoms with Crippen LogP contribution in [0.25, 0.3) is 0 Å². The van der Waals surface area contributed by atoms with Gasteiger partial charge in [-0.05, 0) is 31.0 Å². The highest BCUT2D eigenvalue weighted by molar-refractivity contribution is 8.13. The molecule has 0 aliphatic carbocycles. The molecule has 0 fully saturated rings. The maximum Gasteiger partial charge on any atom is 0.278 e. The second kappa shape index (κ2) is 7.20. The molecule has 0 bridgehead atoms. The third-order valence-corrected chi connectivity index (χ3v) is 4.93. The molecule has 1 atom stereocenters. The fraction of sp³-hybridized carbons (Fsp3) is 0.294. The number of nitrogens with one attached hydrogen (secondary N) is 1. The Morgan fingerprint density at radius 1 is 1.38 bits per heavy atom. The van der Waals surface area contributed by atoms with Gasteiger partial charge in [0.2, 0.25) is 5.88 Å². The largest absolute Gasteiger partial charge is 0.480 e. The Bertz CT molecular complexity index is 872. The van der Waals surface area contributed by atoms with Gasteiger partial charge in [-0.2, -0.15) is 4.98 Å². The van der Waals surface area contributed by atoms with Crippen molar-refractivity contribution in [3.63, 3.8) is 0 Å². The van der Waals surface area contributed by atoms with Crippen molar-refractivity contribution in [1.82, 2.24) is 9.97 Å². The van der Waals surface area contributed by atoms with Gasteiger partial charge in [0.1, 0.15) is 0 Å². The SMILES string of the molecule is COc1cnc(C(=O)Nc2cccc(C3(C)CCSC(N)=N3)c2)c(N)n1. The van der Waals surface area contributed by atoms with Gasteiger partial charge in [-0.1, -0.05) is 23.9 Å². The van der Waals surface area contributed by atoms with Crippen molar-refractivity contribution in [3.8, 4) is 5.88 Å². The number of aliphatic imine (C=N–C) groups is 1. The van der Waals surface area contributed by atoms with Crippen LogP contribution < -0.4 is 21.5 Å². The lowest BCUT2D eigenvalue weighted by molar-refractivity contribution is 0.102. The van der Waals surface area contributed by atoms with Crippen LogP contribution in [0.1, 0.15) is 29.4 Å². The van der Waals surface area contributed by atoms with Crippen LogP contribution in [-0.2, 0) is 5.54 Å². The van der Waals surface area contributed by atoms with E-state index in [9.17, 15) is 4.79 Å². The molecule has 1 aromatic carbocycles. The number of nitrogens with two attached hydrogens (primary N) is 2. The highest BCUT2D eigenvalue weighted by Gasteiger charge is 2.29. The Morgan fingerprint density at radius 2 is 2.19 bits per heavy atom. The lowest BCUT2D eigenvalue weighted by Gasteiger charge is -2.30. The number of rotatable bonds is 4. The minimum absolute atomic E-state index is 0.00615. The zero-order valence-electron chi connectivity index (χ0n) is 14.5. The zero-order valence-corrected chi connectivity index (χ0v) is 15.3. The third-order valence-electron chi connectivity index (χ3n) is 4.14. The number of amidine groups is 1. The molecule has 1 aliphatic rings. The Hall–Kier alpha value is -2.81. The summed E-state index contributed by atoms with van der Waals surface area (Å²) >= 11 is 1.55. The van der Waals surface area contributed by atoms with Gasteiger partial charge in [-0.25, -0.2) is 4.98 Å². The normalized spacial score (nSPS) is 19.5. The molecule has 5 N–H and O–H groups in total. The van der Waals surface area contributed by atoms with Crippen LogP contribution in [0, 0.1) is 0 Å². The van der Waals surface area contributed by atoms with Crippen molar-refractivity contribution in [2.45, 2.75) is 18.9 Å². The third kappa shape index (κ3) is 3.72. The predicted octanol–water partition coefficient (Wildman–Crippen LogP) is 1.99. The van der Waals surface area contributed by atoms with Crippen LogP contribution in [0.15, 0.2) is 35.5 Å². The molecule has 0 spiro atoms. The molecular formula is C17H20N6O2S. The molecule has 0 saturated carbocycles. The summed E-state index contributed by atoms with van der Waals surface area (Å²) in [7, 11) is 1.45. The molecule has 1 aromatic heterocycles. The molecule has 8 nitrogen and oxygen atoms in total. The lowest BCUT2D eigenvalue weighted by atomic mass is 9.89. The van der Waals surface area contributed by atoms with E-state index in [2.05, 4.69) is 20.3 Å². The lowest BCUT2D eigenvalue weighted by Crippen LogP contribution is -2.28. The predicted molar refractivity (Wildman–Crippen MR) is 103 cm³/mol. The fourth-order valence-electron chi connectivity index (χ4n) is 2.68. The number of carbonyl (C=O) groups excluding carboxylic acids is 1. The number of nitrogen functional groups attached to an aromatic ring is 1. The quantitative estimate of drug-likeness (QED) is 0.748. The number of methoxy groups -OCH3 is 1. The van der Waals surface area contributed by atoms with Crippen molar-refractivity contribution in [3.05, 3.63) is 41.7 Å². The van der Waals surface area contributed by atoms with E-state index < -0.39 is 11.4 Å². The summed E-state index contributed by atoms with van der Waals surface area (Å²) in [6, 6.07) is 7.52. The number of benzene rings is 1. The second-order valence-electron chi connectivity index (χ2n) is 6.00.